The predicted octanol–water partition coefficient (Wildman–Crippen LogP) is 3.86. The highest BCUT2D eigenvalue weighted by molar-refractivity contribution is 4.92. The summed E-state index contributed by atoms with van der Waals surface area (Å²) in [7, 11) is 0. The van der Waals surface area contributed by atoms with E-state index in [1.54, 1.807) is 0 Å². The topological polar surface area (TPSA) is 20.2 Å². The zero-order chi connectivity index (χ0) is 11.6. The van der Waals surface area contributed by atoms with Crippen molar-refractivity contribution in [2.45, 2.75) is 66.4 Å². The Morgan fingerprint density at radius 1 is 1.20 bits per heavy atom. The summed E-state index contributed by atoms with van der Waals surface area (Å²) in [5.74, 6) is 2.47. The Kier molecular flexibility index (Phi) is 4.22. The molecule has 0 radical (unpaired) electrons. The van der Waals surface area contributed by atoms with Crippen molar-refractivity contribution in [3.63, 3.8) is 0 Å². The van der Waals surface area contributed by atoms with Crippen LogP contribution in [0.15, 0.2) is 0 Å². The van der Waals surface area contributed by atoms with Crippen molar-refractivity contribution in [1.29, 1.82) is 0 Å². The molecule has 90 valence electrons. The number of aliphatic hydroxyl groups excluding tert-OH is 1. The number of hydrogen-bond acceptors (Lipinski definition) is 1. The number of rotatable bonds is 4. The van der Waals surface area contributed by atoms with Gasteiger partial charge in [-0.1, -0.05) is 27.7 Å². The van der Waals surface area contributed by atoms with Crippen molar-refractivity contribution in [2.24, 2.45) is 23.2 Å². The van der Waals surface area contributed by atoms with E-state index in [0.29, 0.717) is 5.41 Å². The summed E-state index contributed by atoms with van der Waals surface area (Å²) in [6.45, 7) is 11.5. The summed E-state index contributed by atoms with van der Waals surface area (Å²) in [6.07, 6.45) is 4.78. The molecule has 1 nitrogen and oxygen atoms in total. The van der Waals surface area contributed by atoms with Crippen molar-refractivity contribution in [3.05, 3.63) is 0 Å². The van der Waals surface area contributed by atoms with Gasteiger partial charge in [-0.2, -0.15) is 0 Å². The molecule has 1 N–H and O–H groups in total. The third-order valence-electron chi connectivity index (χ3n) is 4.86. The Bertz CT molecular complexity index is 196. The van der Waals surface area contributed by atoms with Crippen molar-refractivity contribution in [2.75, 3.05) is 0 Å². The highest BCUT2D eigenvalue weighted by Gasteiger charge is 2.42. The summed E-state index contributed by atoms with van der Waals surface area (Å²) >= 11 is 0. The van der Waals surface area contributed by atoms with Crippen LogP contribution in [0, 0.1) is 23.2 Å². The molecule has 1 heteroatoms. The van der Waals surface area contributed by atoms with Crippen LogP contribution in [0.4, 0.5) is 0 Å². The van der Waals surface area contributed by atoms with Gasteiger partial charge < -0.3 is 5.11 Å². The van der Waals surface area contributed by atoms with Gasteiger partial charge in [0.1, 0.15) is 0 Å². The number of hydrogen-bond donors (Lipinski definition) is 1. The van der Waals surface area contributed by atoms with Gasteiger partial charge in [-0.05, 0) is 55.8 Å². The van der Waals surface area contributed by atoms with E-state index in [2.05, 4.69) is 27.7 Å². The standard InChI is InChI=1S/C14H28O/c1-10(6-8-12(3)15)13-9-7-11(2)14(13,4)5/h10-13,15H,6-9H2,1-5H3. The van der Waals surface area contributed by atoms with Gasteiger partial charge in [-0.15, -0.1) is 0 Å². The maximum atomic E-state index is 9.33. The van der Waals surface area contributed by atoms with Crippen LogP contribution in [0.1, 0.15) is 60.3 Å². The minimum absolute atomic E-state index is 0.130. The van der Waals surface area contributed by atoms with Crippen LogP contribution in [0.5, 0.6) is 0 Å². The Morgan fingerprint density at radius 2 is 1.80 bits per heavy atom. The van der Waals surface area contributed by atoms with Crippen molar-refractivity contribution in [1.82, 2.24) is 0 Å². The molecule has 1 aliphatic carbocycles. The molecule has 0 saturated heterocycles. The average Bonchev–Trinajstić information content (AvgIpc) is 2.38. The summed E-state index contributed by atoms with van der Waals surface area (Å²) in [6, 6.07) is 0. The van der Waals surface area contributed by atoms with E-state index >= 15 is 0 Å². The average molecular weight is 212 g/mol. The second-order valence-corrected chi connectivity index (χ2v) is 6.31. The minimum atomic E-state index is -0.130. The summed E-state index contributed by atoms with van der Waals surface area (Å²) in [4.78, 5) is 0. The molecule has 0 aromatic carbocycles. The molecule has 0 spiro atoms. The minimum Gasteiger partial charge on any atom is -0.393 e. The molecular weight excluding hydrogens is 184 g/mol. The van der Waals surface area contributed by atoms with Crippen molar-refractivity contribution < 1.29 is 5.11 Å². The lowest BCUT2D eigenvalue weighted by atomic mass is 9.70. The van der Waals surface area contributed by atoms with Gasteiger partial charge >= 0.3 is 0 Å². The van der Waals surface area contributed by atoms with E-state index in [-0.39, 0.29) is 6.10 Å². The largest absolute Gasteiger partial charge is 0.393 e. The molecule has 0 aromatic heterocycles. The maximum absolute atomic E-state index is 9.33. The Balaban J connectivity index is 2.49. The normalized spacial score (nSPS) is 34.0. The van der Waals surface area contributed by atoms with Gasteiger partial charge in [-0.3, -0.25) is 0 Å². The first kappa shape index (κ1) is 13.0. The fourth-order valence-electron chi connectivity index (χ4n) is 3.26. The summed E-state index contributed by atoms with van der Waals surface area (Å²) in [5, 5.41) is 9.33. The third kappa shape index (κ3) is 2.96. The Morgan fingerprint density at radius 3 is 2.20 bits per heavy atom. The van der Waals surface area contributed by atoms with Gasteiger partial charge in [0, 0.05) is 0 Å². The fraction of sp³-hybridized carbons (Fsp3) is 1.00. The lowest BCUT2D eigenvalue weighted by Gasteiger charge is -2.35. The molecule has 1 fully saturated rings. The first-order chi connectivity index (χ1) is 6.85. The second kappa shape index (κ2) is 4.86. The second-order valence-electron chi connectivity index (χ2n) is 6.31. The molecule has 4 unspecified atom stereocenters. The highest BCUT2D eigenvalue weighted by Crippen LogP contribution is 2.51. The third-order valence-corrected chi connectivity index (χ3v) is 4.86. The van der Waals surface area contributed by atoms with Crippen LogP contribution in [0.25, 0.3) is 0 Å². The maximum Gasteiger partial charge on any atom is 0.0512 e. The Hall–Kier alpha value is -0.0400. The monoisotopic (exact) mass is 212 g/mol. The van der Waals surface area contributed by atoms with Crippen LogP contribution < -0.4 is 0 Å². The predicted molar refractivity (Wildman–Crippen MR) is 65.7 cm³/mol. The summed E-state index contributed by atoms with van der Waals surface area (Å²) < 4.78 is 0. The van der Waals surface area contributed by atoms with E-state index in [0.717, 1.165) is 24.2 Å². The SMILES string of the molecule is CC(O)CCC(C)C1CCC(C)C1(C)C. The van der Waals surface area contributed by atoms with E-state index < -0.39 is 0 Å². The van der Waals surface area contributed by atoms with Gasteiger partial charge in [0.2, 0.25) is 0 Å². The van der Waals surface area contributed by atoms with E-state index in [1.165, 1.54) is 19.3 Å². The zero-order valence-electron chi connectivity index (χ0n) is 11.1. The zero-order valence-corrected chi connectivity index (χ0v) is 11.1. The molecule has 15 heavy (non-hydrogen) atoms. The molecular formula is C14H28O. The van der Waals surface area contributed by atoms with Crippen LogP contribution in [-0.2, 0) is 0 Å². The van der Waals surface area contributed by atoms with E-state index in [1.807, 2.05) is 6.92 Å². The van der Waals surface area contributed by atoms with Gasteiger partial charge in [-0.25, -0.2) is 0 Å². The highest BCUT2D eigenvalue weighted by atomic mass is 16.3. The smallest absolute Gasteiger partial charge is 0.0512 e. The molecule has 0 aliphatic heterocycles. The van der Waals surface area contributed by atoms with Crippen molar-refractivity contribution >= 4 is 0 Å². The molecule has 1 saturated carbocycles. The van der Waals surface area contributed by atoms with E-state index in [4.69, 9.17) is 0 Å². The number of aliphatic hydroxyl groups is 1. The van der Waals surface area contributed by atoms with E-state index in [9.17, 15) is 5.11 Å². The lowest BCUT2D eigenvalue weighted by molar-refractivity contribution is 0.120. The molecule has 0 bridgehead atoms. The first-order valence-electron chi connectivity index (χ1n) is 6.53. The van der Waals surface area contributed by atoms with Gasteiger partial charge in [0.25, 0.3) is 0 Å². The molecule has 1 aliphatic rings. The van der Waals surface area contributed by atoms with Crippen LogP contribution >= 0.6 is 0 Å². The fourth-order valence-corrected chi connectivity index (χ4v) is 3.26. The van der Waals surface area contributed by atoms with Gasteiger partial charge in [0.15, 0.2) is 0 Å². The molecule has 0 amide bonds. The van der Waals surface area contributed by atoms with Crippen molar-refractivity contribution in [3.8, 4) is 0 Å². The van der Waals surface area contributed by atoms with Crippen LogP contribution in [0.3, 0.4) is 0 Å². The van der Waals surface area contributed by atoms with Crippen LogP contribution in [-0.4, -0.2) is 11.2 Å². The quantitative estimate of drug-likeness (QED) is 0.750. The van der Waals surface area contributed by atoms with Gasteiger partial charge in [0.05, 0.1) is 6.10 Å². The lowest BCUT2D eigenvalue weighted by Crippen LogP contribution is -2.28. The summed E-state index contributed by atoms with van der Waals surface area (Å²) in [5.41, 5.74) is 0.498. The van der Waals surface area contributed by atoms with Crippen LogP contribution in [0.2, 0.25) is 0 Å². The molecule has 4 atom stereocenters. The molecule has 0 heterocycles. The molecule has 1 rings (SSSR count). The Labute approximate surface area is 95.3 Å². The first-order valence-corrected chi connectivity index (χ1v) is 6.53. The molecule has 0 aromatic rings.